The Morgan fingerprint density at radius 2 is 2.19 bits per heavy atom. The molecule has 2 amide bonds. The van der Waals surface area contributed by atoms with Gasteiger partial charge in [0.1, 0.15) is 5.82 Å². The van der Waals surface area contributed by atoms with Gasteiger partial charge in [-0.15, -0.1) is 11.3 Å². The van der Waals surface area contributed by atoms with E-state index in [4.69, 9.17) is 5.73 Å². The number of primary amides is 1. The molecule has 2 N–H and O–H groups in total. The molecule has 0 spiro atoms. The van der Waals surface area contributed by atoms with E-state index in [0.717, 1.165) is 4.70 Å². The number of halogens is 1. The van der Waals surface area contributed by atoms with Crippen LogP contribution in [0, 0.1) is 18.7 Å². The predicted molar refractivity (Wildman–Crippen MR) is 79.7 cm³/mol. The van der Waals surface area contributed by atoms with Crippen molar-refractivity contribution in [1.29, 1.82) is 0 Å². The molecular weight excluding hydrogens is 291 g/mol. The van der Waals surface area contributed by atoms with Crippen molar-refractivity contribution in [3.05, 3.63) is 34.5 Å². The van der Waals surface area contributed by atoms with E-state index in [1.165, 1.54) is 17.4 Å². The van der Waals surface area contributed by atoms with Crippen LogP contribution in [0.5, 0.6) is 0 Å². The van der Waals surface area contributed by atoms with Gasteiger partial charge in [-0.2, -0.15) is 0 Å². The molecule has 21 heavy (non-hydrogen) atoms. The SMILES string of the molecule is Cc1c(C(=O)N2CC[C@H](C(N)=O)C2)sc2cccc(F)c12. The largest absolute Gasteiger partial charge is 0.369 e. The third kappa shape index (κ3) is 2.29. The van der Waals surface area contributed by atoms with Crippen LogP contribution in [0.3, 0.4) is 0 Å². The number of carbonyl (C=O) groups excluding carboxylic acids is 2. The number of amides is 2. The number of nitrogens with two attached hydrogens (primary N) is 1. The monoisotopic (exact) mass is 306 g/mol. The number of thiophene rings is 1. The summed E-state index contributed by atoms with van der Waals surface area (Å²) < 4.78 is 14.7. The lowest BCUT2D eigenvalue weighted by atomic mass is 10.1. The van der Waals surface area contributed by atoms with Crippen LogP contribution in [0.1, 0.15) is 21.7 Å². The normalized spacial score (nSPS) is 18.4. The van der Waals surface area contributed by atoms with E-state index in [1.54, 1.807) is 17.9 Å². The zero-order valence-corrected chi connectivity index (χ0v) is 12.4. The molecule has 0 unspecified atom stereocenters. The fourth-order valence-electron chi connectivity index (χ4n) is 2.78. The lowest BCUT2D eigenvalue weighted by Crippen LogP contribution is -2.31. The van der Waals surface area contributed by atoms with E-state index in [2.05, 4.69) is 0 Å². The van der Waals surface area contributed by atoms with Gasteiger partial charge in [-0.05, 0) is 31.0 Å². The Morgan fingerprint density at radius 3 is 2.81 bits per heavy atom. The molecule has 6 heteroatoms. The van der Waals surface area contributed by atoms with Crippen molar-refractivity contribution in [3.8, 4) is 0 Å². The van der Waals surface area contributed by atoms with Crippen molar-refractivity contribution >= 4 is 33.2 Å². The van der Waals surface area contributed by atoms with Crippen LogP contribution in [0.15, 0.2) is 18.2 Å². The maximum Gasteiger partial charge on any atom is 0.264 e. The highest BCUT2D eigenvalue weighted by Crippen LogP contribution is 2.34. The Balaban J connectivity index is 1.94. The van der Waals surface area contributed by atoms with E-state index in [9.17, 15) is 14.0 Å². The first-order valence-corrected chi connectivity index (χ1v) is 7.57. The molecule has 1 aliphatic heterocycles. The number of likely N-dealkylation sites (tertiary alicyclic amines) is 1. The lowest BCUT2D eigenvalue weighted by Gasteiger charge is -2.15. The van der Waals surface area contributed by atoms with Crippen molar-refractivity contribution in [2.75, 3.05) is 13.1 Å². The van der Waals surface area contributed by atoms with Gasteiger partial charge in [0.15, 0.2) is 0 Å². The van der Waals surface area contributed by atoms with Crippen LogP contribution < -0.4 is 5.73 Å². The molecule has 2 heterocycles. The van der Waals surface area contributed by atoms with Crippen molar-refractivity contribution in [2.24, 2.45) is 11.7 Å². The molecule has 3 rings (SSSR count). The van der Waals surface area contributed by atoms with Crippen LogP contribution in [0.2, 0.25) is 0 Å². The van der Waals surface area contributed by atoms with Gasteiger partial charge in [-0.25, -0.2) is 4.39 Å². The highest BCUT2D eigenvalue weighted by molar-refractivity contribution is 7.21. The van der Waals surface area contributed by atoms with Crippen molar-refractivity contribution < 1.29 is 14.0 Å². The van der Waals surface area contributed by atoms with Gasteiger partial charge < -0.3 is 10.6 Å². The molecule has 1 saturated heterocycles. The zero-order valence-electron chi connectivity index (χ0n) is 11.6. The maximum atomic E-state index is 13.9. The number of fused-ring (bicyclic) bond motifs is 1. The molecule has 1 aliphatic rings. The van der Waals surface area contributed by atoms with Crippen LogP contribution >= 0.6 is 11.3 Å². The molecule has 1 aromatic heterocycles. The Bertz CT molecular complexity index is 741. The van der Waals surface area contributed by atoms with Gasteiger partial charge in [-0.3, -0.25) is 9.59 Å². The Labute approximate surface area is 125 Å². The Hall–Kier alpha value is -1.95. The molecule has 1 atom stereocenters. The number of carbonyl (C=O) groups is 2. The van der Waals surface area contributed by atoms with Crippen molar-refractivity contribution in [1.82, 2.24) is 4.90 Å². The summed E-state index contributed by atoms with van der Waals surface area (Å²) in [5, 5.41) is 0.511. The minimum absolute atomic E-state index is 0.142. The zero-order chi connectivity index (χ0) is 15.1. The molecule has 0 radical (unpaired) electrons. The molecule has 0 aliphatic carbocycles. The van der Waals surface area contributed by atoms with Crippen LogP contribution in [-0.2, 0) is 4.79 Å². The molecule has 0 saturated carbocycles. The molecule has 110 valence electrons. The van der Waals surface area contributed by atoms with Gasteiger partial charge in [0.05, 0.1) is 10.8 Å². The summed E-state index contributed by atoms with van der Waals surface area (Å²) in [6, 6.07) is 4.85. The second-order valence-electron chi connectivity index (χ2n) is 5.31. The predicted octanol–water partition coefficient (Wildman–Crippen LogP) is 2.30. The lowest BCUT2D eigenvalue weighted by molar-refractivity contribution is -0.121. The van der Waals surface area contributed by atoms with Gasteiger partial charge in [-0.1, -0.05) is 6.07 Å². The first-order valence-electron chi connectivity index (χ1n) is 6.75. The average Bonchev–Trinajstić information content (AvgIpc) is 3.04. The number of hydrogen-bond donors (Lipinski definition) is 1. The second-order valence-corrected chi connectivity index (χ2v) is 6.36. The van der Waals surface area contributed by atoms with Crippen molar-refractivity contribution in [2.45, 2.75) is 13.3 Å². The van der Waals surface area contributed by atoms with Gasteiger partial charge in [0.2, 0.25) is 5.91 Å². The summed E-state index contributed by atoms with van der Waals surface area (Å²) >= 11 is 1.30. The number of nitrogens with zero attached hydrogens (tertiary/aromatic N) is 1. The third-order valence-electron chi connectivity index (χ3n) is 3.98. The maximum absolute atomic E-state index is 13.9. The van der Waals surface area contributed by atoms with Gasteiger partial charge in [0.25, 0.3) is 5.91 Å². The highest BCUT2D eigenvalue weighted by Gasteiger charge is 2.31. The number of aryl methyl sites for hydroxylation is 1. The highest BCUT2D eigenvalue weighted by atomic mass is 32.1. The summed E-state index contributed by atoms with van der Waals surface area (Å²) in [5.41, 5.74) is 5.95. The summed E-state index contributed by atoms with van der Waals surface area (Å²) in [6.07, 6.45) is 0.597. The average molecular weight is 306 g/mol. The number of benzene rings is 1. The summed E-state index contributed by atoms with van der Waals surface area (Å²) in [7, 11) is 0. The summed E-state index contributed by atoms with van der Waals surface area (Å²) in [6.45, 7) is 2.63. The fraction of sp³-hybridized carbons (Fsp3) is 0.333. The summed E-state index contributed by atoms with van der Waals surface area (Å²) in [5.74, 6) is -1.10. The quantitative estimate of drug-likeness (QED) is 0.925. The van der Waals surface area contributed by atoms with Gasteiger partial charge >= 0.3 is 0 Å². The minimum atomic E-state index is -0.371. The number of rotatable bonds is 2. The molecule has 0 bridgehead atoms. The molecule has 4 nitrogen and oxygen atoms in total. The molecule has 1 fully saturated rings. The smallest absolute Gasteiger partial charge is 0.264 e. The first kappa shape index (κ1) is 14.0. The minimum Gasteiger partial charge on any atom is -0.369 e. The van der Waals surface area contributed by atoms with Crippen LogP contribution in [0.4, 0.5) is 4.39 Å². The fourth-order valence-corrected chi connectivity index (χ4v) is 3.97. The third-order valence-corrected chi connectivity index (χ3v) is 5.22. The van der Waals surface area contributed by atoms with E-state index in [0.29, 0.717) is 35.3 Å². The molecule has 2 aromatic rings. The Kier molecular flexibility index (Phi) is 3.41. The molecular formula is C15H15FN2O2S. The van der Waals surface area contributed by atoms with E-state index in [1.807, 2.05) is 6.07 Å². The van der Waals surface area contributed by atoms with Crippen molar-refractivity contribution in [3.63, 3.8) is 0 Å². The van der Waals surface area contributed by atoms with Gasteiger partial charge in [0, 0.05) is 23.2 Å². The van der Waals surface area contributed by atoms with E-state index < -0.39 is 0 Å². The molecule has 1 aromatic carbocycles. The topological polar surface area (TPSA) is 63.4 Å². The second kappa shape index (κ2) is 5.11. The van der Waals surface area contributed by atoms with E-state index in [-0.39, 0.29) is 23.5 Å². The standard InChI is InChI=1S/C15H15FN2O2S/c1-8-12-10(16)3-2-4-11(12)21-13(8)15(20)18-6-5-9(7-18)14(17)19/h2-4,9H,5-7H2,1H3,(H2,17,19)/t9-/m0/s1. The van der Waals surface area contributed by atoms with Crippen LogP contribution in [-0.4, -0.2) is 29.8 Å². The summed E-state index contributed by atoms with van der Waals surface area (Å²) in [4.78, 5) is 25.9. The Morgan fingerprint density at radius 1 is 1.43 bits per heavy atom. The first-order chi connectivity index (χ1) is 9.99. The van der Waals surface area contributed by atoms with Crippen LogP contribution in [0.25, 0.3) is 10.1 Å². The van der Waals surface area contributed by atoms with E-state index >= 15 is 0 Å². The number of hydrogen-bond acceptors (Lipinski definition) is 3.